The van der Waals surface area contributed by atoms with Gasteiger partial charge in [-0.1, -0.05) is 29.4 Å². The maximum absolute atomic E-state index is 12.4. The fourth-order valence-corrected chi connectivity index (χ4v) is 2.86. The van der Waals surface area contributed by atoms with Crippen LogP contribution in [-0.2, 0) is 11.3 Å². The third-order valence-electron chi connectivity index (χ3n) is 3.38. The molecule has 1 N–H and O–H groups in total. The zero-order valence-corrected chi connectivity index (χ0v) is 15.1. The molecule has 1 amide bonds. The minimum atomic E-state index is -0.418. The molecule has 10 heteroatoms. The van der Waals surface area contributed by atoms with Gasteiger partial charge in [-0.3, -0.25) is 4.79 Å². The van der Waals surface area contributed by atoms with Crippen molar-refractivity contribution in [2.45, 2.75) is 30.9 Å². The highest BCUT2D eigenvalue weighted by Crippen LogP contribution is 2.26. The maximum Gasteiger partial charge on any atom is 0.277 e. The minimum absolute atomic E-state index is 0.175. The van der Waals surface area contributed by atoms with Crippen molar-refractivity contribution in [3.8, 4) is 0 Å². The molecule has 0 aliphatic rings. The molecule has 0 aliphatic carbocycles. The number of hydrogen-bond acceptors (Lipinski definition) is 7. The molecule has 130 valence electrons. The minimum Gasteiger partial charge on any atom is -0.414 e. The summed E-state index contributed by atoms with van der Waals surface area (Å²) < 4.78 is 7.09. The summed E-state index contributed by atoms with van der Waals surface area (Å²) in [5, 5.41) is 15.2. The second-order valence-corrected chi connectivity index (χ2v) is 6.92. The van der Waals surface area contributed by atoms with Gasteiger partial charge in [0.1, 0.15) is 19.2 Å². The van der Waals surface area contributed by atoms with Crippen LogP contribution in [0.4, 0.5) is 5.69 Å². The third-order valence-corrected chi connectivity index (χ3v) is 4.73. The van der Waals surface area contributed by atoms with Crippen molar-refractivity contribution in [1.82, 2.24) is 25.0 Å². The Balaban J connectivity index is 1.60. The summed E-state index contributed by atoms with van der Waals surface area (Å²) in [4.78, 5) is 16.2. The van der Waals surface area contributed by atoms with Gasteiger partial charge in [-0.15, -0.1) is 10.2 Å². The Kier molecular flexibility index (Phi) is 5.34. The average molecular weight is 379 g/mol. The number of rotatable bonds is 6. The van der Waals surface area contributed by atoms with Crippen LogP contribution in [0.25, 0.3) is 0 Å². The molecule has 25 heavy (non-hydrogen) atoms. The van der Waals surface area contributed by atoms with Crippen LogP contribution < -0.4 is 5.32 Å². The van der Waals surface area contributed by atoms with Crippen LogP contribution >= 0.6 is 23.4 Å². The number of amides is 1. The van der Waals surface area contributed by atoms with Gasteiger partial charge < -0.3 is 9.73 Å². The highest BCUT2D eigenvalue weighted by atomic mass is 35.5. The van der Waals surface area contributed by atoms with Crippen molar-refractivity contribution in [3.05, 3.63) is 47.3 Å². The van der Waals surface area contributed by atoms with Crippen LogP contribution in [0.15, 0.2) is 40.5 Å². The third kappa shape index (κ3) is 4.37. The van der Waals surface area contributed by atoms with E-state index >= 15 is 0 Å². The SMILES string of the molecule is Cc1c(Cl)cccc1NC(=O)C(C)Sc1nnc(Cn2cncn2)o1. The quantitative estimate of drug-likeness (QED) is 0.658. The summed E-state index contributed by atoms with van der Waals surface area (Å²) in [5.41, 5.74) is 1.50. The van der Waals surface area contributed by atoms with Gasteiger partial charge in [-0.2, -0.15) is 5.10 Å². The second-order valence-electron chi connectivity index (χ2n) is 5.22. The van der Waals surface area contributed by atoms with Crippen molar-refractivity contribution in [2.75, 3.05) is 5.32 Å². The Morgan fingerprint density at radius 2 is 2.28 bits per heavy atom. The standard InChI is InChI=1S/C15H15ClN6O2S/c1-9-11(16)4-3-5-12(9)19-14(23)10(2)25-15-21-20-13(24-15)6-22-8-17-7-18-22/h3-5,7-8,10H,6H2,1-2H3,(H,19,23). The highest BCUT2D eigenvalue weighted by Gasteiger charge is 2.19. The van der Waals surface area contributed by atoms with Crippen LogP contribution in [0.5, 0.6) is 0 Å². The molecular weight excluding hydrogens is 364 g/mol. The Morgan fingerprint density at radius 1 is 1.44 bits per heavy atom. The Labute approximate surface area is 153 Å². The zero-order valence-electron chi connectivity index (χ0n) is 13.5. The lowest BCUT2D eigenvalue weighted by Crippen LogP contribution is -2.22. The van der Waals surface area contributed by atoms with Gasteiger partial charge in [0, 0.05) is 10.7 Å². The van der Waals surface area contributed by atoms with E-state index in [1.165, 1.54) is 18.1 Å². The van der Waals surface area contributed by atoms with E-state index in [2.05, 4.69) is 25.6 Å². The lowest BCUT2D eigenvalue weighted by atomic mass is 10.2. The van der Waals surface area contributed by atoms with E-state index in [0.29, 0.717) is 28.4 Å². The van der Waals surface area contributed by atoms with Gasteiger partial charge in [-0.25, -0.2) is 9.67 Å². The summed E-state index contributed by atoms with van der Waals surface area (Å²) in [6.07, 6.45) is 2.98. The first kappa shape index (κ1) is 17.4. The largest absolute Gasteiger partial charge is 0.414 e. The number of nitrogens with zero attached hydrogens (tertiary/aromatic N) is 5. The van der Waals surface area contributed by atoms with Gasteiger partial charge in [0.25, 0.3) is 5.22 Å². The lowest BCUT2D eigenvalue weighted by molar-refractivity contribution is -0.115. The zero-order chi connectivity index (χ0) is 17.8. The molecular formula is C15H15ClN6O2S. The summed E-state index contributed by atoms with van der Waals surface area (Å²) in [6, 6.07) is 5.37. The molecule has 0 bridgehead atoms. The predicted octanol–water partition coefficient (Wildman–Crippen LogP) is 2.79. The van der Waals surface area contributed by atoms with Crippen molar-refractivity contribution in [2.24, 2.45) is 0 Å². The number of halogens is 1. The number of nitrogens with one attached hydrogen (secondary N) is 1. The van der Waals surface area contributed by atoms with Crippen molar-refractivity contribution in [3.63, 3.8) is 0 Å². The lowest BCUT2D eigenvalue weighted by Gasteiger charge is -2.12. The first-order chi connectivity index (χ1) is 12.0. The van der Waals surface area contributed by atoms with Crippen molar-refractivity contribution in [1.29, 1.82) is 0 Å². The molecule has 1 unspecified atom stereocenters. The summed E-state index contributed by atoms with van der Waals surface area (Å²) in [5.74, 6) is 0.220. The van der Waals surface area contributed by atoms with Crippen LogP contribution in [0.1, 0.15) is 18.4 Å². The van der Waals surface area contributed by atoms with Gasteiger partial charge in [-0.05, 0) is 31.5 Å². The Bertz CT molecular complexity index is 867. The van der Waals surface area contributed by atoms with Crippen LogP contribution in [0, 0.1) is 6.92 Å². The van der Waals surface area contributed by atoms with E-state index in [1.54, 1.807) is 36.1 Å². The average Bonchev–Trinajstić information content (AvgIpc) is 3.24. The molecule has 1 aromatic carbocycles. The number of aromatic nitrogens is 5. The smallest absolute Gasteiger partial charge is 0.277 e. The summed E-state index contributed by atoms with van der Waals surface area (Å²) >= 11 is 7.25. The van der Waals surface area contributed by atoms with Gasteiger partial charge in [0.2, 0.25) is 11.8 Å². The first-order valence-corrected chi connectivity index (χ1v) is 8.66. The number of benzene rings is 1. The Morgan fingerprint density at radius 3 is 3.04 bits per heavy atom. The summed E-state index contributed by atoms with van der Waals surface area (Å²) in [6.45, 7) is 3.95. The summed E-state index contributed by atoms with van der Waals surface area (Å²) in [7, 11) is 0. The van der Waals surface area contributed by atoms with E-state index in [1.807, 2.05) is 6.92 Å². The van der Waals surface area contributed by atoms with E-state index in [4.69, 9.17) is 16.0 Å². The maximum atomic E-state index is 12.4. The fraction of sp³-hybridized carbons (Fsp3) is 0.267. The van der Waals surface area contributed by atoms with Crippen LogP contribution in [0.3, 0.4) is 0 Å². The normalized spacial score (nSPS) is 12.1. The first-order valence-electron chi connectivity index (χ1n) is 7.40. The van der Waals surface area contributed by atoms with E-state index in [-0.39, 0.29) is 5.91 Å². The second kappa shape index (κ2) is 7.66. The van der Waals surface area contributed by atoms with Crippen LogP contribution in [0.2, 0.25) is 5.02 Å². The van der Waals surface area contributed by atoms with E-state index < -0.39 is 5.25 Å². The molecule has 0 saturated heterocycles. The molecule has 0 aliphatic heterocycles. The molecule has 0 radical (unpaired) electrons. The Hall–Kier alpha value is -2.39. The predicted molar refractivity (Wildman–Crippen MR) is 93.6 cm³/mol. The van der Waals surface area contributed by atoms with Gasteiger partial charge in [0.15, 0.2) is 0 Å². The topological polar surface area (TPSA) is 98.7 Å². The van der Waals surface area contributed by atoms with Gasteiger partial charge >= 0.3 is 0 Å². The monoisotopic (exact) mass is 378 g/mol. The van der Waals surface area contributed by atoms with E-state index in [0.717, 1.165) is 5.56 Å². The van der Waals surface area contributed by atoms with E-state index in [9.17, 15) is 4.79 Å². The number of carbonyl (C=O) groups is 1. The van der Waals surface area contributed by atoms with Crippen molar-refractivity contribution >= 4 is 35.0 Å². The molecule has 1 atom stereocenters. The number of thioether (sulfide) groups is 1. The number of anilines is 1. The molecule has 0 spiro atoms. The van der Waals surface area contributed by atoms with Crippen LogP contribution in [-0.4, -0.2) is 36.1 Å². The molecule has 0 fully saturated rings. The molecule has 2 aromatic heterocycles. The highest BCUT2D eigenvalue weighted by molar-refractivity contribution is 8.00. The van der Waals surface area contributed by atoms with Gasteiger partial charge in [0.05, 0.1) is 5.25 Å². The molecule has 0 saturated carbocycles. The van der Waals surface area contributed by atoms with Crippen molar-refractivity contribution < 1.29 is 9.21 Å². The number of carbonyl (C=O) groups excluding carboxylic acids is 1. The fourth-order valence-electron chi connectivity index (χ4n) is 1.98. The molecule has 2 heterocycles. The molecule has 3 aromatic rings. The number of hydrogen-bond donors (Lipinski definition) is 1. The molecule has 8 nitrogen and oxygen atoms in total. The molecule has 3 rings (SSSR count).